The van der Waals surface area contributed by atoms with Crippen molar-refractivity contribution in [3.05, 3.63) is 42.5 Å². The Morgan fingerprint density at radius 1 is 1.19 bits per heavy atom. The highest BCUT2D eigenvalue weighted by atomic mass is 16.6. The maximum Gasteiger partial charge on any atom is 0.410 e. The molecule has 1 N–H and O–H groups in total. The van der Waals surface area contributed by atoms with E-state index in [0.717, 1.165) is 0 Å². The SMILES string of the molecule is C=CCOC(C)C(=O)Nc1ccc(C(=O)OC2CCN(C(=O)OC(C)(C)C)CC2)cc1. The Labute approximate surface area is 183 Å². The Balaban J connectivity index is 1.81. The summed E-state index contributed by atoms with van der Waals surface area (Å²) < 4.78 is 16.2. The molecule has 0 aliphatic carbocycles. The molecule has 1 aromatic carbocycles. The van der Waals surface area contributed by atoms with Gasteiger partial charge in [0.05, 0.1) is 12.2 Å². The highest BCUT2D eigenvalue weighted by Gasteiger charge is 2.28. The van der Waals surface area contributed by atoms with Crippen LogP contribution in [0.1, 0.15) is 50.9 Å². The van der Waals surface area contributed by atoms with Crippen molar-refractivity contribution in [3.63, 3.8) is 0 Å². The van der Waals surface area contributed by atoms with Crippen LogP contribution in [-0.4, -0.2) is 60.4 Å². The van der Waals surface area contributed by atoms with Gasteiger partial charge in [-0.1, -0.05) is 6.08 Å². The van der Waals surface area contributed by atoms with Crippen LogP contribution in [0.4, 0.5) is 10.5 Å². The van der Waals surface area contributed by atoms with Crippen LogP contribution in [0.3, 0.4) is 0 Å². The van der Waals surface area contributed by atoms with Crippen molar-refractivity contribution < 1.29 is 28.6 Å². The molecule has 2 amide bonds. The third-order valence-electron chi connectivity index (χ3n) is 4.59. The minimum absolute atomic E-state index is 0.256. The van der Waals surface area contributed by atoms with E-state index in [1.807, 2.05) is 20.8 Å². The molecular weight excluding hydrogens is 400 g/mol. The minimum atomic E-state index is -0.616. The summed E-state index contributed by atoms with van der Waals surface area (Å²) in [6.07, 6.45) is 1.47. The summed E-state index contributed by atoms with van der Waals surface area (Å²) in [6.45, 7) is 11.9. The van der Waals surface area contributed by atoms with Crippen molar-refractivity contribution in [2.24, 2.45) is 0 Å². The van der Waals surface area contributed by atoms with Crippen LogP contribution in [0.15, 0.2) is 36.9 Å². The summed E-state index contributed by atoms with van der Waals surface area (Å²) >= 11 is 0. The predicted molar refractivity (Wildman–Crippen MR) is 117 cm³/mol. The van der Waals surface area contributed by atoms with E-state index in [2.05, 4.69) is 11.9 Å². The van der Waals surface area contributed by atoms with Crippen molar-refractivity contribution in [2.45, 2.75) is 58.3 Å². The number of likely N-dealkylation sites (tertiary alicyclic amines) is 1. The summed E-state index contributed by atoms with van der Waals surface area (Å²) in [5.74, 6) is -0.717. The molecule has 1 fully saturated rings. The standard InChI is InChI=1S/C23H32N2O6/c1-6-15-29-16(2)20(26)24-18-9-7-17(8-10-18)21(27)30-19-11-13-25(14-12-19)22(28)31-23(3,4)5/h6-10,16,19H,1,11-15H2,2-5H3,(H,24,26). The average Bonchev–Trinajstić information content (AvgIpc) is 2.71. The smallest absolute Gasteiger partial charge is 0.410 e. The first-order chi connectivity index (χ1) is 14.6. The Kier molecular flexibility index (Phi) is 8.62. The van der Waals surface area contributed by atoms with Crippen LogP contribution < -0.4 is 5.32 Å². The number of nitrogens with one attached hydrogen (secondary N) is 1. The second kappa shape index (κ2) is 10.9. The second-order valence-electron chi connectivity index (χ2n) is 8.40. The lowest BCUT2D eigenvalue weighted by Gasteiger charge is -2.33. The van der Waals surface area contributed by atoms with Gasteiger partial charge in [-0.3, -0.25) is 4.79 Å². The van der Waals surface area contributed by atoms with Gasteiger partial charge in [0.15, 0.2) is 0 Å². The van der Waals surface area contributed by atoms with Crippen LogP contribution in [0.25, 0.3) is 0 Å². The Bertz CT molecular complexity index is 776. The van der Waals surface area contributed by atoms with Crippen molar-refractivity contribution in [2.75, 3.05) is 25.0 Å². The van der Waals surface area contributed by atoms with E-state index < -0.39 is 17.7 Å². The van der Waals surface area contributed by atoms with Gasteiger partial charge in [0.2, 0.25) is 0 Å². The highest BCUT2D eigenvalue weighted by molar-refractivity contribution is 5.95. The van der Waals surface area contributed by atoms with Crippen molar-refractivity contribution in [1.82, 2.24) is 4.90 Å². The number of carbonyl (C=O) groups is 3. The molecule has 1 saturated heterocycles. The number of carbonyl (C=O) groups excluding carboxylic acids is 3. The Morgan fingerprint density at radius 2 is 1.81 bits per heavy atom. The average molecular weight is 433 g/mol. The van der Waals surface area contributed by atoms with Crippen LogP contribution in [0.2, 0.25) is 0 Å². The normalized spacial score (nSPS) is 15.7. The Hall–Kier alpha value is -2.87. The molecule has 1 heterocycles. The van der Waals surface area contributed by atoms with Gasteiger partial charge in [-0.25, -0.2) is 9.59 Å². The number of piperidine rings is 1. The zero-order chi connectivity index (χ0) is 23.0. The highest BCUT2D eigenvalue weighted by Crippen LogP contribution is 2.19. The zero-order valence-corrected chi connectivity index (χ0v) is 18.7. The third-order valence-corrected chi connectivity index (χ3v) is 4.59. The molecule has 0 spiro atoms. The van der Waals surface area contributed by atoms with Gasteiger partial charge in [-0.05, 0) is 52.0 Å². The first-order valence-corrected chi connectivity index (χ1v) is 10.4. The molecule has 170 valence electrons. The van der Waals surface area contributed by atoms with E-state index in [1.54, 1.807) is 42.2 Å². The summed E-state index contributed by atoms with van der Waals surface area (Å²) in [6, 6.07) is 6.48. The van der Waals surface area contributed by atoms with Crippen LogP contribution >= 0.6 is 0 Å². The van der Waals surface area contributed by atoms with E-state index in [9.17, 15) is 14.4 Å². The molecule has 8 heteroatoms. The number of hydrogen-bond acceptors (Lipinski definition) is 6. The summed E-state index contributed by atoms with van der Waals surface area (Å²) in [4.78, 5) is 38.2. The molecule has 1 aliphatic rings. The molecular formula is C23H32N2O6. The molecule has 8 nitrogen and oxygen atoms in total. The van der Waals surface area contributed by atoms with Gasteiger partial charge in [-0.15, -0.1) is 6.58 Å². The van der Waals surface area contributed by atoms with Gasteiger partial charge in [0, 0.05) is 31.6 Å². The molecule has 0 radical (unpaired) electrons. The van der Waals surface area contributed by atoms with Crippen molar-refractivity contribution in [1.29, 1.82) is 0 Å². The number of amides is 2. The number of ether oxygens (including phenoxy) is 3. The van der Waals surface area contributed by atoms with Crippen molar-refractivity contribution in [3.8, 4) is 0 Å². The molecule has 1 aliphatic heterocycles. The minimum Gasteiger partial charge on any atom is -0.459 e. The molecule has 31 heavy (non-hydrogen) atoms. The lowest BCUT2D eigenvalue weighted by atomic mass is 10.1. The molecule has 1 aromatic rings. The fourth-order valence-electron chi connectivity index (χ4n) is 2.92. The lowest BCUT2D eigenvalue weighted by Crippen LogP contribution is -2.43. The number of benzene rings is 1. The monoisotopic (exact) mass is 432 g/mol. The number of esters is 1. The summed E-state index contributed by atoms with van der Waals surface area (Å²) in [5, 5.41) is 2.73. The molecule has 0 saturated carbocycles. The zero-order valence-electron chi connectivity index (χ0n) is 18.7. The first kappa shape index (κ1) is 24.4. The molecule has 1 atom stereocenters. The van der Waals surface area contributed by atoms with Gasteiger partial charge in [0.25, 0.3) is 5.91 Å². The predicted octanol–water partition coefficient (Wildman–Crippen LogP) is 3.77. The maximum absolute atomic E-state index is 12.4. The van der Waals surface area contributed by atoms with E-state index in [0.29, 0.717) is 37.2 Å². The Morgan fingerprint density at radius 3 is 2.35 bits per heavy atom. The fraction of sp³-hybridized carbons (Fsp3) is 0.522. The van der Waals surface area contributed by atoms with Crippen LogP contribution in [0, 0.1) is 0 Å². The second-order valence-corrected chi connectivity index (χ2v) is 8.40. The third kappa shape index (κ3) is 8.05. The van der Waals surface area contributed by atoms with Gasteiger partial charge in [-0.2, -0.15) is 0 Å². The molecule has 0 aromatic heterocycles. The largest absolute Gasteiger partial charge is 0.459 e. The number of hydrogen-bond donors (Lipinski definition) is 1. The lowest BCUT2D eigenvalue weighted by molar-refractivity contribution is -0.125. The summed E-state index contributed by atoms with van der Waals surface area (Å²) in [7, 11) is 0. The van der Waals surface area contributed by atoms with Gasteiger partial charge in [0.1, 0.15) is 17.8 Å². The molecule has 0 bridgehead atoms. The van der Waals surface area contributed by atoms with E-state index in [4.69, 9.17) is 14.2 Å². The van der Waals surface area contributed by atoms with Crippen LogP contribution in [0.5, 0.6) is 0 Å². The first-order valence-electron chi connectivity index (χ1n) is 10.4. The molecule has 2 rings (SSSR count). The van der Waals surface area contributed by atoms with Crippen LogP contribution in [-0.2, 0) is 19.0 Å². The number of rotatable bonds is 7. The van der Waals surface area contributed by atoms with Gasteiger partial charge < -0.3 is 24.4 Å². The van der Waals surface area contributed by atoms with Crippen molar-refractivity contribution >= 4 is 23.7 Å². The van der Waals surface area contributed by atoms with E-state index in [1.165, 1.54) is 0 Å². The maximum atomic E-state index is 12.4. The fourth-order valence-corrected chi connectivity index (χ4v) is 2.92. The van der Waals surface area contributed by atoms with Gasteiger partial charge >= 0.3 is 12.1 Å². The molecule has 1 unspecified atom stereocenters. The quantitative estimate of drug-likeness (QED) is 0.521. The number of anilines is 1. The van der Waals surface area contributed by atoms with E-state index >= 15 is 0 Å². The number of nitrogens with zero attached hydrogens (tertiary/aromatic N) is 1. The topological polar surface area (TPSA) is 94.2 Å². The summed E-state index contributed by atoms with van der Waals surface area (Å²) in [5.41, 5.74) is 0.410. The van der Waals surface area contributed by atoms with E-state index in [-0.39, 0.29) is 24.7 Å².